The van der Waals surface area contributed by atoms with Gasteiger partial charge in [0, 0.05) is 52.3 Å². The van der Waals surface area contributed by atoms with Gasteiger partial charge in [0.2, 0.25) is 0 Å². The number of hydrogen-bond acceptors (Lipinski definition) is 4. The first-order chi connectivity index (χ1) is 9.24. The van der Waals surface area contributed by atoms with E-state index in [-0.39, 0.29) is 0 Å². The first-order valence-corrected chi connectivity index (χ1v) is 6.10. The summed E-state index contributed by atoms with van der Waals surface area (Å²) >= 11 is 0. The van der Waals surface area contributed by atoms with Crippen molar-refractivity contribution in [3.63, 3.8) is 0 Å². The number of nitrogen functional groups attached to an aromatic ring is 1. The lowest BCUT2D eigenvalue weighted by Gasteiger charge is -2.11. The summed E-state index contributed by atoms with van der Waals surface area (Å²) in [4.78, 5) is 4.30. The number of anilines is 2. The lowest BCUT2D eigenvalue weighted by atomic mass is 10.1. The molecule has 0 aliphatic heterocycles. The molecule has 2 heterocycles. The monoisotopic (exact) mass is 253 g/mol. The van der Waals surface area contributed by atoms with Crippen LogP contribution in [0.1, 0.15) is 11.3 Å². The van der Waals surface area contributed by atoms with E-state index in [0.29, 0.717) is 0 Å². The van der Waals surface area contributed by atoms with Crippen LogP contribution in [0.3, 0.4) is 0 Å². The summed E-state index contributed by atoms with van der Waals surface area (Å²) < 4.78 is 0. The first-order valence-electron chi connectivity index (χ1n) is 6.10. The molecule has 0 fully saturated rings. The molecule has 4 N–H and O–H groups in total. The van der Waals surface area contributed by atoms with Crippen molar-refractivity contribution in [2.45, 2.75) is 13.5 Å². The molecule has 0 aliphatic carbocycles. The Morgan fingerprint density at radius 1 is 1.26 bits per heavy atom. The fourth-order valence-corrected chi connectivity index (χ4v) is 2.09. The van der Waals surface area contributed by atoms with Crippen molar-refractivity contribution < 1.29 is 0 Å². The highest BCUT2D eigenvalue weighted by atomic mass is 15.1. The van der Waals surface area contributed by atoms with Crippen molar-refractivity contribution >= 4 is 22.1 Å². The molecular weight excluding hydrogens is 238 g/mol. The van der Waals surface area contributed by atoms with Gasteiger partial charge in [0.05, 0.1) is 6.20 Å². The molecule has 0 bridgehead atoms. The summed E-state index contributed by atoms with van der Waals surface area (Å²) in [5.74, 6) is 0. The fraction of sp³-hybridized carbons (Fsp3) is 0.143. The minimum atomic E-state index is 0.719. The SMILES string of the molecule is Cc1cc2c(NCc3cn[nH]c3)ccc(N)c2cn1. The highest BCUT2D eigenvalue weighted by Gasteiger charge is 2.05. The van der Waals surface area contributed by atoms with Gasteiger partial charge in [-0.1, -0.05) is 0 Å². The number of aryl methyl sites for hydroxylation is 1. The number of nitrogens with two attached hydrogens (primary N) is 1. The molecular formula is C14H15N5. The van der Waals surface area contributed by atoms with Gasteiger partial charge in [0.15, 0.2) is 0 Å². The van der Waals surface area contributed by atoms with Crippen LogP contribution in [0, 0.1) is 6.92 Å². The van der Waals surface area contributed by atoms with Crippen LogP contribution in [0.2, 0.25) is 0 Å². The third kappa shape index (κ3) is 2.22. The van der Waals surface area contributed by atoms with Crippen LogP contribution < -0.4 is 11.1 Å². The van der Waals surface area contributed by atoms with Gasteiger partial charge in [0.1, 0.15) is 0 Å². The molecule has 1 aromatic carbocycles. The molecule has 0 radical (unpaired) electrons. The van der Waals surface area contributed by atoms with Crippen LogP contribution in [0.25, 0.3) is 10.8 Å². The minimum Gasteiger partial charge on any atom is -0.398 e. The molecule has 5 nitrogen and oxygen atoms in total. The van der Waals surface area contributed by atoms with Crippen LogP contribution in [0.4, 0.5) is 11.4 Å². The van der Waals surface area contributed by atoms with E-state index >= 15 is 0 Å². The molecule has 19 heavy (non-hydrogen) atoms. The average Bonchev–Trinajstić information content (AvgIpc) is 2.91. The predicted octanol–water partition coefficient (Wildman–Crippen LogP) is 2.46. The molecule has 0 unspecified atom stereocenters. The van der Waals surface area contributed by atoms with Crippen LogP contribution in [0.5, 0.6) is 0 Å². The van der Waals surface area contributed by atoms with Gasteiger partial charge in [-0.15, -0.1) is 0 Å². The Balaban J connectivity index is 1.98. The van der Waals surface area contributed by atoms with Crippen LogP contribution >= 0.6 is 0 Å². The zero-order valence-electron chi connectivity index (χ0n) is 10.6. The highest BCUT2D eigenvalue weighted by Crippen LogP contribution is 2.28. The molecule has 96 valence electrons. The number of hydrogen-bond donors (Lipinski definition) is 3. The van der Waals surface area contributed by atoms with Crippen molar-refractivity contribution in [3.8, 4) is 0 Å². The molecule has 0 saturated carbocycles. The molecule has 0 spiro atoms. The summed E-state index contributed by atoms with van der Waals surface area (Å²) in [5.41, 5.74) is 9.87. The van der Waals surface area contributed by atoms with Gasteiger partial charge >= 0.3 is 0 Å². The Kier molecular flexibility index (Phi) is 2.79. The number of rotatable bonds is 3. The Morgan fingerprint density at radius 2 is 2.16 bits per heavy atom. The third-order valence-corrected chi connectivity index (χ3v) is 3.11. The van der Waals surface area contributed by atoms with Crippen molar-refractivity contribution in [1.82, 2.24) is 15.2 Å². The van der Waals surface area contributed by atoms with Crippen molar-refractivity contribution in [3.05, 3.63) is 48.0 Å². The number of fused-ring (bicyclic) bond motifs is 1. The summed E-state index contributed by atoms with van der Waals surface area (Å²) in [6.45, 7) is 2.69. The van der Waals surface area contributed by atoms with E-state index in [1.54, 1.807) is 6.20 Å². The van der Waals surface area contributed by atoms with Crippen molar-refractivity contribution in [2.75, 3.05) is 11.1 Å². The number of benzene rings is 1. The topological polar surface area (TPSA) is 79.6 Å². The van der Waals surface area contributed by atoms with Crippen LogP contribution in [-0.2, 0) is 6.54 Å². The molecule has 2 aromatic heterocycles. The molecule has 3 aromatic rings. The molecule has 0 saturated heterocycles. The Bertz CT molecular complexity index is 703. The van der Waals surface area contributed by atoms with E-state index in [0.717, 1.165) is 39.9 Å². The number of aromatic amines is 1. The number of nitrogens with one attached hydrogen (secondary N) is 2. The summed E-state index contributed by atoms with van der Waals surface area (Å²) in [5, 5.41) is 12.2. The first kappa shape index (κ1) is 11.5. The number of H-pyrrole nitrogens is 1. The average molecular weight is 253 g/mol. The van der Waals surface area contributed by atoms with E-state index in [4.69, 9.17) is 5.73 Å². The van der Waals surface area contributed by atoms with Crippen LogP contribution in [-0.4, -0.2) is 15.2 Å². The lowest BCUT2D eigenvalue weighted by Crippen LogP contribution is -2.00. The lowest BCUT2D eigenvalue weighted by molar-refractivity contribution is 1.09. The van der Waals surface area contributed by atoms with Crippen LogP contribution in [0.15, 0.2) is 36.8 Å². The molecule has 0 aliphatic rings. The summed E-state index contributed by atoms with van der Waals surface area (Å²) in [7, 11) is 0. The van der Waals surface area contributed by atoms with E-state index in [2.05, 4.69) is 20.5 Å². The standard InChI is InChI=1S/C14H15N5/c1-9-4-11-12(8-16-9)13(15)2-3-14(11)17-5-10-6-18-19-7-10/h2-4,6-8,17H,5,15H2,1H3,(H,18,19). The van der Waals surface area contributed by atoms with Gasteiger partial charge in [-0.2, -0.15) is 5.10 Å². The van der Waals surface area contributed by atoms with Crippen molar-refractivity contribution in [2.24, 2.45) is 0 Å². The van der Waals surface area contributed by atoms with E-state index in [1.807, 2.05) is 37.5 Å². The van der Waals surface area contributed by atoms with Gasteiger partial charge in [-0.3, -0.25) is 10.1 Å². The zero-order chi connectivity index (χ0) is 13.2. The second-order valence-corrected chi connectivity index (χ2v) is 4.53. The molecule has 0 amide bonds. The number of nitrogens with zero attached hydrogens (tertiary/aromatic N) is 2. The minimum absolute atomic E-state index is 0.719. The maximum absolute atomic E-state index is 5.98. The normalized spacial score (nSPS) is 10.8. The van der Waals surface area contributed by atoms with Gasteiger partial charge in [0.25, 0.3) is 0 Å². The summed E-state index contributed by atoms with van der Waals surface area (Å²) in [6.07, 6.45) is 5.50. The fourth-order valence-electron chi connectivity index (χ4n) is 2.09. The number of aromatic nitrogens is 3. The highest BCUT2D eigenvalue weighted by molar-refractivity contribution is 6.00. The zero-order valence-corrected chi connectivity index (χ0v) is 10.6. The second-order valence-electron chi connectivity index (χ2n) is 4.53. The van der Waals surface area contributed by atoms with E-state index < -0.39 is 0 Å². The van der Waals surface area contributed by atoms with Gasteiger partial charge in [-0.05, 0) is 25.1 Å². The quantitative estimate of drug-likeness (QED) is 0.626. The van der Waals surface area contributed by atoms with Gasteiger partial charge in [-0.25, -0.2) is 0 Å². The third-order valence-electron chi connectivity index (χ3n) is 3.11. The van der Waals surface area contributed by atoms with Crippen molar-refractivity contribution in [1.29, 1.82) is 0 Å². The predicted molar refractivity (Wildman–Crippen MR) is 76.8 cm³/mol. The maximum Gasteiger partial charge on any atom is 0.0537 e. The van der Waals surface area contributed by atoms with Gasteiger partial charge < -0.3 is 11.1 Å². The largest absolute Gasteiger partial charge is 0.398 e. The molecule has 3 rings (SSSR count). The Morgan fingerprint density at radius 3 is 2.95 bits per heavy atom. The Labute approximate surface area is 110 Å². The summed E-state index contributed by atoms with van der Waals surface area (Å²) in [6, 6.07) is 5.94. The Hall–Kier alpha value is -2.56. The second kappa shape index (κ2) is 4.61. The maximum atomic E-state index is 5.98. The number of pyridine rings is 1. The van der Waals surface area contributed by atoms with E-state index in [1.165, 1.54) is 0 Å². The molecule has 5 heteroatoms. The smallest absolute Gasteiger partial charge is 0.0537 e. The molecule has 0 atom stereocenters. The van der Waals surface area contributed by atoms with E-state index in [9.17, 15) is 0 Å².